The predicted octanol–water partition coefficient (Wildman–Crippen LogP) is 3.00. The Morgan fingerprint density at radius 1 is 1.09 bits per heavy atom. The molecule has 1 saturated heterocycles. The summed E-state index contributed by atoms with van der Waals surface area (Å²) in [5.41, 5.74) is 1.84. The fourth-order valence-corrected chi connectivity index (χ4v) is 6.04. The van der Waals surface area contributed by atoms with Gasteiger partial charge in [0, 0.05) is 36.9 Å². The summed E-state index contributed by atoms with van der Waals surface area (Å²) in [5.74, 6) is -0.450. The topological polar surface area (TPSA) is 95.5 Å². The molecule has 3 aromatic rings. The van der Waals surface area contributed by atoms with Crippen LogP contribution in [-0.4, -0.2) is 60.2 Å². The molecule has 1 atom stereocenters. The standard InChI is InChI=1S/C21H24ClN5O3S2/c1-14(2)19(25-32(29,30)18-8-4-7-17-20(18)24-31-23-17)21(28)27-11-9-26(10-12-27)16-6-3-5-15(22)13-16/h3-8,13-14,19,25H,9-12H2,1-2H3/t19-/m1/s1. The number of piperazine rings is 1. The summed E-state index contributed by atoms with van der Waals surface area (Å²) < 4.78 is 37.1. The number of anilines is 1. The normalized spacial score (nSPS) is 16.0. The van der Waals surface area contributed by atoms with Gasteiger partial charge in [-0.2, -0.15) is 13.5 Å². The molecular weight excluding hydrogens is 470 g/mol. The van der Waals surface area contributed by atoms with Crippen molar-refractivity contribution in [1.29, 1.82) is 0 Å². The number of rotatable bonds is 6. The van der Waals surface area contributed by atoms with Gasteiger partial charge < -0.3 is 9.80 Å². The molecule has 1 aromatic heterocycles. The molecule has 1 fully saturated rings. The van der Waals surface area contributed by atoms with Crippen molar-refractivity contribution in [3.63, 3.8) is 0 Å². The van der Waals surface area contributed by atoms with E-state index in [0.29, 0.717) is 42.2 Å². The van der Waals surface area contributed by atoms with E-state index in [1.54, 1.807) is 17.0 Å². The highest BCUT2D eigenvalue weighted by Crippen LogP contribution is 2.24. The van der Waals surface area contributed by atoms with E-state index in [0.717, 1.165) is 17.4 Å². The second kappa shape index (κ2) is 9.30. The van der Waals surface area contributed by atoms with Crippen LogP contribution in [0.5, 0.6) is 0 Å². The Morgan fingerprint density at radius 2 is 1.81 bits per heavy atom. The first-order chi connectivity index (χ1) is 15.3. The van der Waals surface area contributed by atoms with E-state index in [9.17, 15) is 13.2 Å². The van der Waals surface area contributed by atoms with E-state index >= 15 is 0 Å². The average molecular weight is 494 g/mol. The number of nitrogens with zero attached hydrogens (tertiary/aromatic N) is 4. The van der Waals surface area contributed by atoms with Crippen LogP contribution in [0.25, 0.3) is 11.0 Å². The molecule has 0 radical (unpaired) electrons. The number of fused-ring (bicyclic) bond motifs is 1. The molecule has 0 saturated carbocycles. The van der Waals surface area contributed by atoms with Gasteiger partial charge in [-0.3, -0.25) is 4.79 Å². The summed E-state index contributed by atoms with van der Waals surface area (Å²) in [6.07, 6.45) is 0. The van der Waals surface area contributed by atoms with Crippen LogP contribution in [0.2, 0.25) is 5.02 Å². The Labute approximate surface area is 196 Å². The van der Waals surface area contributed by atoms with Crippen molar-refractivity contribution in [1.82, 2.24) is 18.4 Å². The molecule has 1 aliphatic rings. The van der Waals surface area contributed by atoms with Gasteiger partial charge >= 0.3 is 0 Å². The quantitative estimate of drug-likeness (QED) is 0.567. The number of sulfonamides is 1. The molecule has 170 valence electrons. The molecular formula is C21H24ClN5O3S2. The van der Waals surface area contributed by atoms with E-state index < -0.39 is 16.1 Å². The van der Waals surface area contributed by atoms with Crippen LogP contribution in [0.4, 0.5) is 5.69 Å². The van der Waals surface area contributed by atoms with Crippen LogP contribution < -0.4 is 9.62 Å². The van der Waals surface area contributed by atoms with Crippen molar-refractivity contribution in [3.8, 4) is 0 Å². The zero-order valence-electron chi connectivity index (χ0n) is 17.7. The largest absolute Gasteiger partial charge is 0.368 e. The predicted molar refractivity (Wildman–Crippen MR) is 127 cm³/mol. The highest BCUT2D eigenvalue weighted by atomic mass is 35.5. The van der Waals surface area contributed by atoms with Crippen LogP contribution in [0.15, 0.2) is 47.4 Å². The number of nitrogens with one attached hydrogen (secondary N) is 1. The van der Waals surface area contributed by atoms with E-state index in [1.165, 1.54) is 6.07 Å². The summed E-state index contributed by atoms with van der Waals surface area (Å²) in [4.78, 5) is 17.2. The molecule has 2 aromatic carbocycles. The molecule has 0 aliphatic carbocycles. The van der Waals surface area contributed by atoms with Gasteiger partial charge in [0.05, 0.1) is 11.7 Å². The highest BCUT2D eigenvalue weighted by Gasteiger charge is 2.34. The molecule has 0 unspecified atom stereocenters. The summed E-state index contributed by atoms with van der Waals surface area (Å²) >= 11 is 7.05. The van der Waals surface area contributed by atoms with Crippen molar-refractivity contribution < 1.29 is 13.2 Å². The van der Waals surface area contributed by atoms with Crippen molar-refractivity contribution >= 4 is 56.0 Å². The average Bonchev–Trinajstić information content (AvgIpc) is 3.26. The van der Waals surface area contributed by atoms with E-state index in [2.05, 4.69) is 18.4 Å². The first-order valence-electron chi connectivity index (χ1n) is 10.3. The van der Waals surface area contributed by atoms with Crippen LogP contribution in [0.3, 0.4) is 0 Å². The molecule has 1 N–H and O–H groups in total. The first kappa shape index (κ1) is 22.9. The smallest absolute Gasteiger partial charge is 0.243 e. The number of benzene rings is 2. The van der Waals surface area contributed by atoms with Crippen molar-refractivity contribution in [3.05, 3.63) is 47.5 Å². The van der Waals surface area contributed by atoms with Gasteiger partial charge in [0.25, 0.3) is 0 Å². The van der Waals surface area contributed by atoms with Crippen LogP contribution in [-0.2, 0) is 14.8 Å². The van der Waals surface area contributed by atoms with E-state index in [4.69, 9.17) is 11.6 Å². The Morgan fingerprint density at radius 3 is 2.50 bits per heavy atom. The minimum Gasteiger partial charge on any atom is -0.368 e. The molecule has 0 spiro atoms. The Bertz CT molecular complexity index is 1220. The second-order valence-electron chi connectivity index (χ2n) is 8.02. The molecule has 8 nitrogen and oxygen atoms in total. The fourth-order valence-electron chi connectivity index (χ4n) is 3.76. The van der Waals surface area contributed by atoms with Crippen molar-refractivity contribution in [2.75, 3.05) is 31.1 Å². The van der Waals surface area contributed by atoms with Gasteiger partial charge in [-0.25, -0.2) is 8.42 Å². The maximum atomic E-state index is 13.3. The first-order valence-corrected chi connectivity index (χ1v) is 12.9. The monoisotopic (exact) mass is 493 g/mol. The number of halogens is 1. The molecule has 0 bridgehead atoms. The summed E-state index contributed by atoms with van der Waals surface area (Å²) in [6, 6.07) is 11.6. The fraction of sp³-hybridized carbons (Fsp3) is 0.381. The molecule has 1 amide bonds. The lowest BCUT2D eigenvalue weighted by Crippen LogP contribution is -2.56. The lowest BCUT2D eigenvalue weighted by molar-refractivity contribution is -0.134. The zero-order valence-corrected chi connectivity index (χ0v) is 20.1. The van der Waals surface area contributed by atoms with Crippen molar-refractivity contribution in [2.45, 2.75) is 24.8 Å². The number of carbonyl (C=O) groups excluding carboxylic acids is 1. The number of hydrogen-bond donors (Lipinski definition) is 1. The molecule has 32 heavy (non-hydrogen) atoms. The van der Waals surface area contributed by atoms with E-state index in [1.807, 2.05) is 38.1 Å². The van der Waals surface area contributed by atoms with Gasteiger partial charge in [0.1, 0.15) is 22.0 Å². The lowest BCUT2D eigenvalue weighted by Gasteiger charge is -2.38. The third kappa shape index (κ3) is 4.73. The van der Waals surface area contributed by atoms with Crippen LogP contribution in [0, 0.1) is 5.92 Å². The third-order valence-electron chi connectivity index (χ3n) is 5.52. The maximum absolute atomic E-state index is 13.3. The number of carbonyl (C=O) groups is 1. The second-order valence-corrected chi connectivity index (χ2v) is 10.7. The Balaban J connectivity index is 1.48. The minimum absolute atomic E-state index is 0.0352. The summed E-state index contributed by atoms with van der Waals surface area (Å²) in [6.45, 7) is 5.96. The summed E-state index contributed by atoms with van der Waals surface area (Å²) in [7, 11) is -3.96. The van der Waals surface area contributed by atoms with Gasteiger partial charge in [-0.05, 0) is 36.2 Å². The number of hydrogen-bond acceptors (Lipinski definition) is 7. The Kier molecular flexibility index (Phi) is 6.66. The van der Waals surface area contributed by atoms with E-state index in [-0.39, 0.29) is 16.7 Å². The SMILES string of the molecule is CC(C)[C@@H](NS(=O)(=O)c1cccc2nsnc12)C(=O)N1CCN(c2cccc(Cl)c2)CC1. The van der Waals surface area contributed by atoms with Gasteiger partial charge in [-0.1, -0.05) is 37.6 Å². The highest BCUT2D eigenvalue weighted by molar-refractivity contribution is 7.89. The molecule has 4 rings (SSSR count). The maximum Gasteiger partial charge on any atom is 0.243 e. The lowest BCUT2D eigenvalue weighted by atomic mass is 10.0. The molecule has 2 heterocycles. The van der Waals surface area contributed by atoms with Crippen molar-refractivity contribution in [2.24, 2.45) is 5.92 Å². The van der Waals surface area contributed by atoms with Gasteiger partial charge in [0.15, 0.2) is 0 Å². The number of aromatic nitrogens is 2. The van der Waals surface area contributed by atoms with Crippen LogP contribution in [0.1, 0.15) is 13.8 Å². The zero-order chi connectivity index (χ0) is 22.9. The van der Waals surface area contributed by atoms with Crippen LogP contribution >= 0.6 is 23.3 Å². The Hall–Kier alpha value is -2.27. The molecule has 1 aliphatic heterocycles. The number of amides is 1. The molecule has 11 heteroatoms. The summed E-state index contributed by atoms with van der Waals surface area (Å²) in [5, 5.41) is 0.667. The third-order valence-corrected chi connectivity index (χ3v) is 7.77. The van der Waals surface area contributed by atoms with Gasteiger partial charge in [0.2, 0.25) is 15.9 Å². The van der Waals surface area contributed by atoms with Gasteiger partial charge in [-0.15, -0.1) is 0 Å². The minimum atomic E-state index is -3.96.